The van der Waals surface area contributed by atoms with E-state index in [1.807, 2.05) is 6.07 Å². The highest BCUT2D eigenvalue weighted by Gasteiger charge is 2.22. The van der Waals surface area contributed by atoms with E-state index in [0.717, 1.165) is 5.56 Å². The summed E-state index contributed by atoms with van der Waals surface area (Å²) >= 11 is 0. The molecule has 0 radical (unpaired) electrons. The summed E-state index contributed by atoms with van der Waals surface area (Å²) in [5.41, 5.74) is 1.10. The van der Waals surface area contributed by atoms with Gasteiger partial charge in [0.25, 0.3) is 5.91 Å². The monoisotopic (exact) mass is 321 g/mol. The van der Waals surface area contributed by atoms with Crippen LogP contribution in [-0.4, -0.2) is 40.5 Å². The van der Waals surface area contributed by atoms with Crippen LogP contribution in [0.1, 0.15) is 15.9 Å². The maximum atomic E-state index is 12.5. The number of pyridine rings is 2. The van der Waals surface area contributed by atoms with Crippen LogP contribution >= 0.6 is 0 Å². The van der Waals surface area contributed by atoms with Crippen molar-refractivity contribution in [1.29, 1.82) is 0 Å². The minimum atomic E-state index is -2.95. The Morgan fingerprint density at radius 3 is 2.91 bits per heavy atom. The number of nitrogens with zero attached hydrogens (tertiary/aromatic N) is 3. The maximum absolute atomic E-state index is 12.5. The van der Waals surface area contributed by atoms with Gasteiger partial charge in [-0.05, 0) is 12.1 Å². The van der Waals surface area contributed by atoms with Crippen molar-refractivity contribution in [2.45, 2.75) is 13.2 Å². The van der Waals surface area contributed by atoms with Gasteiger partial charge in [0.05, 0.1) is 18.7 Å². The quantitative estimate of drug-likeness (QED) is 0.866. The Labute approximate surface area is 130 Å². The molecule has 0 saturated heterocycles. The number of halogens is 2. The number of rotatable bonds is 3. The first-order valence-corrected chi connectivity index (χ1v) is 6.90. The molecule has 3 rings (SSSR count). The van der Waals surface area contributed by atoms with Crippen LogP contribution in [0.5, 0.6) is 11.8 Å². The highest BCUT2D eigenvalue weighted by molar-refractivity contribution is 5.94. The third-order valence-corrected chi connectivity index (χ3v) is 3.29. The zero-order valence-electron chi connectivity index (χ0n) is 12.0. The molecule has 0 atom stereocenters. The van der Waals surface area contributed by atoms with Crippen molar-refractivity contribution in [3.05, 3.63) is 47.8 Å². The third kappa shape index (κ3) is 3.53. The van der Waals surface area contributed by atoms with E-state index in [1.165, 1.54) is 18.3 Å². The lowest BCUT2D eigenvalue weighted by molar-refractivity contribution is -0.0528. The first-order chi connectivity index (χ1) is 11.1. The Morgan fingerprint density at radius 1 is 1.30 bits per heavy atom. The largest absolute Gasteiger partial charge is 0.476 e. The Morgan fingerprint density at radius 2 is 2.17 bits per heavy atom. The lowest BCUT2D eigenvalue weighted by atomic mass is 10.2. The highest BCUT2D eigenvalue weighted by Crippen LogP contribution is 2.21. The van der Waals surface area contributed by atoms with Gasteiger partial charge in [0.1, 0.15) is 6.61 Å². The van der Waals surface area contributed by atoms with Crippen LogP contribution in [0.15, 0.2) is 36.7 Å². The molecule has 2 aromatic heterocycles. The predicted molar refractivity (Wildman–Crippen MR) is 75.3 cm³/mol. The Kier molecular flexibility index (Phi) is 4.31. The van der Waals surface area contributed by atoms with Crippen molar-refractivity contribution < 1.29 is 23.0 Å². The molecule has 0 bridgehead atoms. The van der Waals surface area contributed by atoms with E-state index >= 15 is 0 Å². The summed E-state index contributed by atoms with van der Waals surface area (Å²) in [6.07, 6.45) is 2.85. The number of alkyl halides is 2. The molecule has 1 aliphatic rings. The highest BCUT2D eigenvalue weighted by atomic mass is 19.3. The fourth-order valence-electron chi connectivity index (χ4n) is 2.24. The molecule has 0 N–H and O–H groups in total. The summed E-state index contributed by atoms with van der Waals surface area (Å²) in [6.45, 7) is -1.87. The van der Waals surface area contributed by atoms with Gasteiger partial charge in [-0.25, -0.2) is 9.97 Å². The van der Waals surface area contributed by atoms with E-state index in [0.29, 0.717) is 31.1 Å². The van der Waals surface area contributed by atoms with E-state index in [2.05, 4.69) is 14.7 Å². The van der Waals surface area contributed by atoms with E-state index in [-0.39, 0.29) is 11.8 Å². The number of carbonyl (C=O) groups is 1. The maximum Gasteiger partial charge on any atom is 0.388 e. The van der Waals surface area contributed by atoms with Gasteiger partial charge in [0, 0.05) is 24.0 Å². The molecule has 3 heterocycles. The van der Waals surface area contributed by atoms with Crippen LogP contribution in [0.2, 0.25) is 0 Å². The first-order valence-electron chi connectivity index (χ1n) is 6.90. The molecule has 6 nitrogen and oxygen atoms in total. The van der Waals surface area contributed by atoms with Crippen molar-refractivity contribution in [3.63, 3.8) is 0 Å². The van der Waals surface area contributed by atoms with Crippen LogP contribution in [0, 0.1) is 0 Å². The number of hydrogen-bond acceptors (Lipinski definition) is 5. The molecular formula is C15H13F2N3O3. The summed E-state index contributed by atoms with van der Waals surface area (Å²) in [6, 6.07) is 6.26. The minimum Gasteiger partial charge on any atom is -0.476 e. The molecule has 8 heteroatoms. The molecule has 0 aromatic carbocycles. The Bertz CT molecular complexity index is 695. The van der Waals surface area contributed by atoms with Gasteiger partial charge >= 0.3 is 6.61 Å². The van der Waals surface area contributed by atoms with Crippen LogP contribution in [0.25, 0.3) is 0 Å². The fourth-order valence-corrected chi connectivity index (χ4v) is 2.24. The molecule has 120 valence electrons. The molecular weight excluding hydrogens is 308 g/mol. The zero-order valence-corrected chi connectivity index (χ0v) is 12.0. The SMILES string of the molecule is O=C(c1ccc(OC(F)F)nc1)N1CCOc2ncccc2C1. The van der Waals surface area contributed by atoms with E-state index in [9.17, 15) is 13.6 Å². The van der Waals surface area contributed by atoms with Crippen molar-refractivity contribution in [3.8, 4) is 11.8 Å². The summed E-state index contributed by atoms with van der Waals surface area (Å²) < 4.78 is 33.9. The van der Waals surface area contributed by atoms with Crippen LogP contribution in [-0.2, 0) is 6.54 Å². The summed E-state index contributed by atoms with van der Waals surface area (Å²) in [4.78, 5) is 21.9. The molecule has 0 fully saturated rings. The molecule has 1 amide bonds. The number of amides is 1. The average molecular weight is 321 g/mol. The minimum absolute atomic E-state index is 0.231. The molecule has 23 heavy (non-hydrogen) atoms. The molecule has 1 aliphatic heterocycles. The molecule has 0 aliphatic carbocycles. The third-order valence-electron chi connectivity index (χ3n) is 3.29. The van der Waals surface area contributed by atoms with Crippen molar-refractivity contribution in [2.75, 3.05) is 13.2 Å². The fraction of sp³-hybridized carbons (Fsp3) is 0.267. The second kappa shape index (κ2) is 6.55. The lowest BCUT2D eigenvalue weighted by Crippen LogP contribution is -2.32. The standard InChI is InChI=1S/C15H13F2N3O3/c16-15(17)23-12-4-3-10(8-19-12)14(21)20-6-7-22-13-11(9-20)2-1-5-18-13/h1-5,8,15H,6-7,9H2. The Hall–Kier alpha value is -2.77. The second-order valence-corrected chi connectivity index (χ2v) is 4.81. The Balaban J connectivity index is 1.75. The van der Waals surface area contributed by atoms with Gasteiger partial charge in [-0.2, -0.15) is 8.78 Å². The number of fused-ring (bicyclic) bond motifs is 1. The van der Waals surface area contributed by atoms with Crippen LogP contribution in [0.3, 0.4) is 0 Å². The van der Waals surface area contributed by atoms with Crippen molar-refractivity contribution in [2.24, 2.45) is 0 Å². The van der Waals surface area contributed by atoms with Gasteiger partial charge in [-0.3, -0.25) is 4.79 Å². The molecule has 0 saturated carbocycles. The smallest absolute Gasteiger partial charge is 0.388 e. The summed E-state index contributed by atoms with van der Waals surface area (Å²) in [5.74, 6) is 0.0216. The van der Waals surface area contributed by atoms with Gasteiger partial charge in [-0.1, -0.05) is 6.07 Å². The lowest BCUT2D eigenvalue weighted by Gasteiger charge is -2.19. The van der Waals surface area contributed by atoms with E-state index in [1.54, 1.807) is 17.2 Å². The predicted octanol–water partition coefficient (Wildman–Crippen LogP) is 2.11. The van der Waals surface area contributed by atoms with Crippen LogP contribution < -0.4 is 9.47 Å². The molecule has 0 unspecified atom stereocenters. The normalized spacial score (nSPS) is 14.0. The number of hydrogen-bond donors (Lipinski definition) is 0. The number of ether oxygens (including phenoxy) is 2. The van der Waals surface area contributed by atoms with Crippen LogP contribution in [0.4, 0.5) is 8.78 Å². The number of carbonyl (C=O) groups excluding carboxylic acids is 1. The van der Waals surface area contributed by atoms with Gasteiger partial charge in [0.2, 0.25) is 11.8 Å². The van der Waals surface area contributed by atoms with Gasteiger partial charge in [-0.15, -0.1) is 0 Å². The average Bonchev–Trinajstić information content (AvgIpc) is 2.76. The van der Waals surface area contributed by atoms with Crippen molar-refractivity contribution >= 4 is 5.91 Å². The number of aromatic nitrogens is 2. The first kappa shape index (κ1) is 15.1. The van der Waals surface area contributed by atoms with E-state index in [4.69, 9.17) is 4.74 Å². The molecule has 0 spiro atoms. The van der Waals surface area contributed by atoms with Gasteiger partial charge in [0.15, 0.2) is 0 Å². The molecule has 2 aromatic rings. The summed E-state index contributed by atoms with van der Waals surface area (Å²) in [7, 11) is 0. The second-order valence-electron chi connectivity index (χ2n) is 4.81. The van der Waals surface area contributed by atoms with Gasteiger partial charge < -0.3 is 14.4 Å². The van der Waals surface area contributed by atoms with E-state index < -0.39 is 6.61 Å². The zero-order chi connectivity index (χ0) is 16.2. The summed E-state index contributed by atoms with van der Waals surface area (Å²) in [5, 5.41) is 0. The topological polar surface area (TPSA) is 64.5 Å². The van der Waals surface area contributed by atoms with Crippen molar-refractivity contribution in [1.82, 2.24) is 14.9 Å².